The zero-order valence-electron chi connectivity index (χ0n) is 19.9. The van der Waals surface area contributed by atoms with Gasteiger partial charge in [-0.15, -0.1) is 0 Å². The lowest BCUT2D eigenvalue weighted by Gasteiger charge is -2.22. The number of carbonyl (C=O) groups excluding carboxylic acids is 2. The van der Waals surface area contributed by atoms with E-state index in [-0.39, 0.29) is 5.91 Å². The van der Waals surface area contributed by atoms with Crippen molar-refractivity contribution >= 4 is 29.0 Å². The number of nitrogens with one attached hydrogen (secondary N) is 3. The smallest absolute Gasteiger partial charge is 0.323 e. The molecule has 3 aromatic rings. The van der Waals surface area contributed by atoms with Crippen molar-refractivity contribution in [3.05, 3.63) is 83.2 Å². The summed E-state index contributed by atoms with van der Waals surface area (Å²) in [5, 5.41) is 8.42. The third kappa shape index (κ3) is 6.09. The lowest BCUT2D eigenvalue weighted by molar-refractivity contribution is 0.0951. The minimum absolute atomic E-state index is 0.252. The molecule has 0 radical (unpaired) electrons. The average molecular weight is 477 g/mol. The number of aryl methyl sites for hydroxylation is 1. The number of ether oxygens (including phenoxy) is 1. The maximum absolute atomic E-state index is 13.9. The molecule has 0 unspecified atom stereocenters. The second-order valence-electron chi connectivity index (χ2n) is 8.50. The normalized spacial score (nSPS) is 12.8. The Bertz CT molecular complexity index is 1210. The van der Waals surface area contributed by atoms with Crippen LogP contribution < -0.4 is 25.6 Å². The molecule has 3 N–H and O–H groups in total. The largest absolute Gasteiger partial charge is 0.497 e. The maximum Gasteiger partial charge on any atom is 0.323 e. The Labute approximate surface area is 204 Å². The number of nitrogens with zero attached hydrogens (tertiary/aromatic N) is 1. The molecule has 1 aliphatic heterocycles. The van der Waals surface area contributed by atoms with Crippen molar-refractivity contribution in [3.63, 3.8) is 0 Å². The first-order valence-corrected chi connectivity index (χ1v) is 11.6. The van der Waals surface area contributed by atoms with Gasteiger partial charge in [0.1, 0.15) is 11.6 Å². The number of hydrogen-bond donors (Lipinski definition) is 3. The van der Waals surface area contributed by atoms with Gasteiger partial charge in [0.2, 0.25) is 0 Å². The Morgan fingerprint density at radius 1 is 0.971 bits per heavy atom. The summed E-state index contributed by atoms with van der Waals surface area (Å²) < 4.78 is 19.0. The fraction of sp³-hybridized carbons (Fsp3) is 0.259. The molecule has 35 heavy (non-hydrogen) atoms. The maximum atomic E-state index is 13.9. The number of urea groups is 1. The molecule has 1 fully saturated rings. The van der Waals surface area contributed by atoms with Crippen LogP contribution in [0.15, 0.2) is 60.7 Å². The second-order valence-corrected chi connectivity index (χ2v) is 8.50. The highest BCUT2D eigenvalue weighted by molar-refractivity contribution is 6.04. The number of hydrogen-bond acceptors (Lipinski definition) is 4. The van der Waals surface area contributed by atoms with Gasteiger partial charge in [0.15, 0.2) is 0 Å². The van der Waals surface area contributed by atoms with Gasteiger partial charge in [-0.3, -0.25) is 4.79 Å². The standard InChI is InChI=1S/C27H29FN4O3/c1-18-5-9-21(16-23(18)28)30-27(34)31-24-15-20(8-12-25(24)32-13-3-4-14-32)26(33)29-17-19-6-10-22(35-2)11-7-19/h5-12,15-16H,3-4,13-14,17H2,1-2H3,(H,29,33)(H2,30,31,34). The second kappa shape index (κ2) is 10.9. The fourth-order valence-corrected chi connectivity index (χ4v) is 3.99. The molecule has 8 heteroatoms. The molecule has 1 saturated heterocycles. The van der Waals surface area contributed by atoms with Crippen LogP contribution in [-0.4, -0.2) is 32.1 Å². The minimum atomic E-state index is -0.510. The van der Waals surface area contributed by atoms with Gasteiger partial charge in [0.25, 0.3) is 5.91 Å². The summed E-state index contributed by atoms with van der Waals surface area (Å²) in [6, 6.07) is 16.8. The van der Waals surface area contributed by atoms with Gasteiger partial charge >= 0.3 is 6.03 Å². The van der Waals surface area contributed by atoms with Crippen LogP contribution in [0.3, 0.4) is 0 Å². The summed E-state index contributed by atoms with van der Waals surface area (Å²) in [5.41, 5.74) is 3.59. The van der Waals surface area contributed by atoms with E-state index in [9.17, 15) is 14.0 Å². The summed E-state index contributed by atoms with van der Waals surface area (Å²) in [6.07, 6.45) is 2.14. The highest BCUT2D eigenvalue weighted by Crippen LogP contribution is 2.30. The molecule has 182 valence electrons. The first-order chi connectivity index (χ1) is 16.9. The van der Waals surface area contributed by atoms with Crippen molar-refractivity contribution in [1.82, 2.24) is 5.32 Å². The first-order valence-electron chi connectivity index (χ1n) is 11.6. The molecule has 1 heterocycles. The molecule has 3 amide bonds. The number of rotatable bonds is 7. The van der Waals surface area contributed by atoms with Crippen LogP contribution in [0.1, 0.15) is 34.3 Å². The topological polar surface area (TPSA) is 82.7 Å². The predicted molar refractivity (Wildman–Crippen MR) is 136 cm³/mol. The van der Waals surface area contributed by atoms with Crippen LogP contribution >= 0.6 is 0 Å². The first kappa shape index (κ1) is 24.1. The predicted octanol–water partition coefficient (Wildman–Crippen LogP) is 5.32. The van der Waals surface area contributed by atoms with E-state index in [0.29, 0.717) is 29.0 Å². The molecule has 0 atom stereocenters. The molecule has 3 aromatic carbocycles. The highest BCUT2D eigenvalue weighted by atomic mass is 19.1. The molecule has 0 aromatic heterocycles. The van der Waals surface area contributed by atoms with Crippen LogP contribution in [0.25, 0.3) is 0 Å². The van der Waals surface area contributed by atoms with Gasteiger partial charge in [-0.2, -0.15) is 0 Å². The van der Waals surface area contributed by atoms with Gasteiger partial charge in [0, 0.05) is 30.9 Å². The quantitative estimate of drug-likeness (QED) is 0.431. The van der Waals surface area contributed by atoms with Crippen LogP contribution in [-0.2, 0) is 6.54 Å². The molecule has 1 aliphatic rings. The Morgan fingerprint density at radius 3 is 2.40 bits per heavy atom. The van der Waals surface area contributed by atoms with E-state index in [2.05, 4.69) is 20.9 Å². The lowest BCUT2D eigenvalue weighted by Crippen LogP contribution is -2.26. The minimum Gasteiger partial charge on any atom is -0.497 e. The Hall–Kier alpha value is -4.07. The van der Waals surface area contributed by atoms with E-state index >= 15 is 0 Å². The van der Waals surface area contributed by atoms with Crippen molar-refractivity contribution in [2.24, 2.45) is 0 Å². The highest BCUT2D eigenvalue weighted by Gasteiger charge is 2.19. The Morgan fingerprint density at radius 2 is 1.71 bits per heavy atom. The molecule has 0 spiro atoms. The number of anilines is 3. The number of carbonyl (C=O) groups is 2. The summed E-state index contributed by atoms with van der Waals surface area (Å²) in [5.74, 6) is 0.105. The summed E-state index contributed by atoms with van der Waals surface area (Å²) in [7, 11) is 1.60. The molecule has 4 rings (SSSR count). The number of amides is 3. The number of methoxy groups -OCH3 is 1. The van der Waals surface area contributed by atoms with Crippen LogP contribution in [0.5, 0.6) is 5.75 Å². The monoisotopic (exact) mass is 476 g/mol. The fourth-order valence-electron chi connectivity index (χ4n) is 3.99. The molecular formula is C27H29FN4O3. The number of halogens is 1. The zero-order valence-corrected chi connectivity index (χ0v) is 19.9. The molecule has 0 saturated carbocycles. The van der Waals surface area contributed by atoms with Crippen LogP contribution in [0.2, 0.25) is 0 Å². The van der Waals surface area contributed by atoms with E-state index in [1.807, 2.05) is 30.3 Å². The van der Waals surface area contributed by atoms with Crippen LogP contribution in [0, 0.1) is 12.7 Å². The van der Waals surface area contributed by atoms with Crippen molar-refractivity contribution in [3.8, 4) is 5.75 Å². The molecule has 0 bridgehead atoms. The summed E-state index contributed by atoms with van der Waals surface area (Å²) in [6.45, 7) is 3.77. The molecular weight excluding hydrogens is 447 g/mol. The van der Waals surface area contributed by atoms with Crippen molar-refractivity contribution in [1.29, 1.82) is 0 Å². The van der Waals surface area contributed by atoms with Crippen molar-refractivity contribution in [2.75, 3.05) is 35.7 Å². The Balaban J connectivity index is 1.49. The van der Waals surface area contributed by atoms with Gasteiger partial charge in [-0.25, -0.2) is 9.18 Å². The van der Waals surface area contributed by atoms with Crippen molar-refractivity contribution < 1.29 is 18.7 Å². The van der Waals surface area contributed by atoms with E-state index in [0.717, 1.165) is 42.9 Å². The molecule has 7 nitrogen and oxygen atoms in total. The Kier molecular flexibility index (Phi) is 7.50. The zero-order chi connectivity index (χ0) is 24.8. The SMILES string of the molecule is COc1ccc(CNC(=O)c2ccc(N3CCCC3)c(NC(=O)Nc3ccc(C)c(F)c3)c2)cc1. The van der Waals surface area contributed by atoms with Gasteiger partial charge in [0.05, 0.1) is 18.5 Å². The van der Waals surface area contributed by atoms with Gasteiger partial charge in [-0.05, 0) is 73.4 Å². The summed E-state index contributed by atoms with van der Waals surface area (Å²) in [4.78, 5) is 27.7. The number of benzene rings is 3. The van der Waals surface area contributed by atoms with E-state index in [1.54, 1.807) is 38.3 Å². The van der Waals surface area contributed by atoms with E-state index < -0.39 is 11.8 Å². The van der Waals surface area contributed by atoms with E-state index in [4.69, 9.17) is 4.74 Å². The van der Waals surface area contributed by atoms with Gasteiger partial charge in [-0.1, -0.05) is 18.2 Å². The van der Waals surface area contributed by atoms with Gasteiger partial charge < -0.3 is 25.6 Å². The van der Waals surface area contributed by atoms with Crippen molar-refractivity contribution in [2.45, 2.75) is 26.3 Å². The third-order valence-electron chi connectivity index (χ3n) is 6.00. The third-order valence-corrected chi connectivity index (χ3v) is 6.00. The van der Waals surface area contributed by atoms with Crippen LogP contribution in [0.4, 0.5) is 26.2 Å². The van der Waals surface area contributed by atoms with E-state index in [1.165, 1.54) is 6.07 Å². The summed E-state index contributed by atoms with van der Waals surface area (Å²) >= 11 is 0. The average Bonchev–Trinajstić information content (AvgIpc) is 3.40. The lowest BCUT2D eigenvalue weighted by atomic mass is 10.1. The molecule has 0 aliphatic carbocycles.